The summed E-state index contributed by atoms with van der Waals surface area (Å²) in [4.78, 5) is 36.3. The zero-order valence-corrected chi connectivity index (χ0v) is 11.0. The smallest absolute Gasteiger partial charge is 0.326 e. The fourth-order valence-electron chi connectivity index (χ4n) is 2.11. The first-order chi connectivity index (χ1) is 8.43. The van der Waals surface area contributed by atoms with Crippen molar-refractivity contribution < 1.29 is 14.7 Å². The largest absolute Gasteiger partial charge is 0.480 e. The number of thiazole rings is 1. The van der Waals surface area contributed by atoms with Gasteiger partial charge in [-0.15, -0.1) is 0 Å². The molecule has 1 aliphatic rings. The number of likely N-dealkylation sites (tertiary alicyclic amines) is 1. The van der Waals surface area contributed by atoms with Crippen LogP contribution in [-0.2, 0) is 11.8 Å². The second-order valence-corrected chi connectivity index (χ2v) is 5.30. The molecule has 1 fully saturated rings. The molecule has 2 rings (SSSR count). The summed E-state index contributed by atoms with van der Waals surface area (Å²) < 4.78 is 1.41. The SMILES string of the molecule is Cc1c(C(=O)N2CCCC2C(=O)O)sc(=O)n1C. The van der Waals surface area contributed by atoms with Crippen LogP contribution in [0, 0.1) is 6.92 Å². The molecule has 1 aliphatic heterocycles. The Morgan fingerprint density at radius 1 is 1.44 bits per heavy atom. The zero-order valence-electron chi connectivity index (χ0n) is 10.2. The van der Waals surface area contributed by atoms with E-state index in [-0.39, 0.29) is 10.8 Å². The summed E-state index contributed by atoms with van der Waals surface area (Å²) in [6, 6.07) is -0.764. The van der Waals surface area contributed by atoms with Crippen LogP contribution in [0.1, 0.15) is 28.2 Å². The van der Waals surface area contributed by atoms with Gasteiger partial charge in [0.05, 0.1) is 0 Å². The predicted octanol–water partition coefficient (Wildman–Crippen LogP) is 0.444. The second kappa shape index (κ2) is 4.56. The molecular formula is C11H14N2O4S. The van der Waals surface area contributed by atoms with Crippen LogP contribution in [0.2, 0.25) is 0 Å². The molecule has 2 heterocycles. The van der Waals surface area contributed by atoms with Crippen LogP contribution in [0.5, 0.6) is 0 Å². The van der Waals surface area contributed by atoms with E-state index in [1.54, 1.807) is 14.0 Å². The Bertz CT molecular complexity index is 560. The number of hydrogen-bond acceptors (Lipinski definition) is 4. The van der Waals surface area contributed by atoms with Crippen LogP contribution < -0.4 is 4.87 Å². The molecule has 98 valence electrons. The van der Waals surface area contributed by atoms with Gasteiger partial charge in [0.1, 0.15) is 10.9 Å². The average Bonchev–Trinajstić information content (AvgIpc) is 2.89. The quantitative estimate of drug-likeness (QED) is 0.846. The van der Waals surface area contributed by atoms with Crippen LogP contribution in [0.3, 0.4) is 0 Å². The Morgan fingerprint density at radius 3 is 2.61 bits per heavy atom. The van der Waals surface area contributed by atoms with Crippen LogP contribution in [-0.4, -0.2) is 39.0 Å². The number of carboxylic acid groups (broad SMARTS) is 1. The molecule has 0 spiro atoms. The van der Waals surface area contributed by atoms with Gasteiger partial charge < -0.3 is 14.6 Å². The third-order valence-electron chi connectivity index (χ3n) is 3.29. The van der Waals surface area contributed by atoms with Crippen molar-refractivity contribution in [3.63, 3.8) is 0 Å². The summed E-state index contributed by atoms with van der Waals surface area (Å²) in [5, 5.41) is 9.05. The Kier molecular flexibility index (Phi) is 3.25. The lowest BCUT2D eigenvalue weighted by atomic mass is 10.2. The third kappa shape index (κ3) is 1.94. The number of hydrogen-bond donors (Lipinski definition) is 1. The van der Waals surface area contributed by atoms with Crippen LogP contribution in [0.15, 0.2) is 4.79 Å². The second-order valence-electron chi connectivity index (χ2n) is 4.34. The van der Waals surface area contributed by atoms with E-state index in [0.29, 0.717) is 30.0 Å². The number of amides is 1. The van der Waals surface area contributed by atoms with Gasteiger partial charge in [0, 0.05) is 19.3 Å². The molecular weight excluding hydrogens is 256 g/mol. The van der Waals surface area contributed by atoms with E-state index < -0.39 is 12.0 Å². The summed E-state index contributed by atoms with van der Waals surface area (Å²) in [6.07, 6.45) is 1.16. The molecule has 0 aliphatic carbocycles. The molecule has 1 unspecified atom stereocenters. The average molecular weight is 270 g/mol. The number of carbonyl (C=O) groups is 2. The van der Waals surface area contributed by atoms with Gasteiger partial charge in [-0.05, 0) is 19.8 Å². The van der Waals surface area contributed by atoms with Crippen molar-refractivity contribution >= 4 is 23.2 Å². The molecule has 18 heavy (non-hydrogen) atoms. The maximum Gasteiger partial charge on any atom is 0.326 e. The van der Waals surface area contributed by atoms with Gasteiger partial charge in [-0.1, -0.05) is 11.3 Å². The van der Waals surface area contributed by atoms with Crippen molar-refractivity contribution in [1.82, 2.24) is 9.47 Å². The summed E-state index contributed by atoms with van der Waals surface area (Å²) in [5.41, 5.74) is 0.589. The first-order valence-electron chi connectivity index (χ1n) is 5.63. The Labute approximate surface area is 107 Å². The highest BCUT2D eigenvalue weighted by molar-refractivity contribution is 7.11. The van der Waals surface area contributed by atoms with E-state index >= 15 is 0 Å². The van der Waals surface area contributed by atoms with Crippen molar-refractivity contribution in [3.05, 3.63) is 20.2 Å². The Morgan fingerprint density at radius 2 is 2.11 bits per heavy atom. The van der Waals surface area contributed by atoms with E-state index in [2.05, 4.69) is 0 Å². The highest BCUT2D eigenvalue weighted by atomic mass is 32.1. The highest BCUT2D eigenvalue weighted by Crippen LogP contribution is 2.22. The summed E-state index contributed by atoms with van der Waals surface area (Å²) in [5.74, 6) is -1.33. The monoisotopic (exact) mass is 270 g/mol. The van der Waals surface area contributed by atoms with Crippen molar-refractivity contribution in [2.24, 2.45) is 7.05 Å². The van der Waals surface area contributed by atoms with E-state index in [1.807, 2.05) is 0 Å². The molecule has 1 aromatic heterocycles. The molecule has 0 bridgehead atoms. The maximum atomic E-state index is 12.3. The number of aliphatic carboxylic acids is 1. The van der Waals surface area contributed by atoms with Gasteiger partial charge in [0.15, 0.2) is 0 Å². The van der Waals surface area contributed by atoms with E-state index in [0.717, 1.165) is 11.3 Å². The summed E-state index contributed by atoms with van der Waals surface area (Å²) in [6.45, 7) is 2.13. The topological polar surface area (TPSA) is 79.6 Å². The number of aromatic nitrogens is 1. The molecule has 1 saturated heterocycles. The molecule has 6 nitrogen and oxygen atoms in total. The van der Waals surface area contributed by atoms with Crippen LogP contribution >= 0.6 is 11.3 Å². The van der Waals surface area contributed by atoms with E-state index in [1.165, 1.54) is 9.47 Å². The van der Waals surface area contributed by atoms with Gasteiger partial charge in [-0.3, -0.25) is 9.59 Å². The van der Waals surface area contributed by atoms with E-state index in [9.17, 15) is 14.4 Å². The van der Waals surface area contributed by atoms with Gasteiger partial charge in [0.2, 0.25) is 0 Å². The Balaban J connectivity index is 2.34. The van der Waals surface area contributed by atoms with Gasteiger partial charge >= 0.3 is 10.8 Å². The van der Waals surface area contributed by atoms with Crippen molar-refractivity contribution in [2.45, 2.75) is 25.8 Å². The fourth-order valence-corrected chi connectivity index (χ4v) is 3.05. The highest BCUT2D eigenvalue weighted by Gasteiger charge is 2.35. The van der Waals surface area contributed by atoms with Gasteiger partial charge in [0.25, 0.3) is 5.91 Å². The number of carboxylic acids is 1. The van der Waals surface area contributed by atoms with Gasteiger partial charge in [-0.2, -0.15) is 0 Å². The molecule has 0 saturated carbocycles. The van der Waals surface area contributed by atoms with Crippen molar-refractivity contribution in [1.29, 1.82) is 0 Å². The molecule has 0 aromatic carbocycles. The van der Waals surface area contributed by atoms with Crippen LogP contribution in [0.25, 0.3) is 0 Å². The molecule has 1 aromatic rings. The predicted molar refractivity (Wildman–Crippen MR) is 66.0 cm³/mol. The minimum atomic E-state index is -0.984. The zero-order chi connectivity index (χ0) is 13.4. The standard InChI is InChI=1S/C11H14N2O4S/c1-6-8(18-11(17)12(6)2)9(14)13-5-3-4-7(13)10(15)16/h7H,3-5H2,1-2H3,(H,15,16). The lowest BCUT2D eigenvalue weighted by molar-refractivity contribution is -0.141. The fraction of sp³-hybridized carbons (Fsp3) is 0.545. The summed E-state index contributed by atoms with van der Waals surface area (Å²) >= 11 is 0.873. The maximum absolute atomic E-state index is 12.3. The molecule has 0 radical (unpaired) electrons. The minimum absolute atomic E-state index is 0.207. The first kappa shape index (κ1) is 12.8. The number of nitrogens with zero attached hydrogens (tertiary/aromatic N) is 2. The normalized spacial score (nSPS) is 19.2. The third-order valence-corrected chi connectivity index (χ3v) is 4.41. The Hall–Kier alpha value is -1.63. The van der Waals surface area contributed by atoms with Crippen LogP contribution in [0.4, 0.5) is 0 Å². The lowest BCUT2D eigenvalue weighted by Gasteiger charge is -2.20. The van der Waals surface area contributed by atoms with Crippen molar-refractivity contribution in [2.75, 3.05) is 6.54 Å². The number of rotatable bonds is 2. The van der Waals surface area contributed by atoms with Gasteiger partial charge in [-0.25, -0.2) is 4.79 Å². The summed E-state index contributed by atoms with van der Waals surface area (Å²) in [7, 11) is 1.60. The molecule has 1 atom stereocenters. The van der Waals surface area contributed by atoms with Crippen molar-refractivity contribution in [3.8, 4) is 0 Å². The lowest BCUT2D eigenvalue weighted by Crippen LogP contribution is -2.40. The minimum Gasteiger partial charge on any atom is -0.480 e. The molecule has 1 amide bonds. The molecule has 7 heteroatoms. The first-order valence-corrected chi connectivity index (χ1v) is 6.45. The molecule has 1 N–H and O–H groups in total. The number of carbonyl (C=O) groups excluding carboxylic acids is 1. The van der Waals surface area contributed by atoms with E-state index in [4.69, 9.17) is 5.11 Å².